The van der Waals surface area contributed by atoms with Gasteiger partial charge in [0.2, 0.25) is 0 Å². The molecular formula is C7H7N3. The van der Waals surface area contributed by atoms with Crippen LogP contribution in [0, 0.1) is 6.57 Å². The number of nitrogens with zero attached hydrogens (tertiary/aromatic N) is 2. The van der Waals surface area contributed by atoms with Gasteiger partial charge in [-0.05, 0) is 17.7 Å². The first-order chi connectivity index (χ1) is 4.86. The van der Waals surface area contributed by atoms with Crippen molar-refractivity contribution in [2.45, 2.75) is 6.54 Å². The van der Waals surface area contributed by atoms with Crippen molar-refractivity contribution in [3.63, 3.8) is 0 Å². The number of hydrogen-bond donors (Lipinski definition) is 1. The third-order valence-corrected chi connectivity index (χ3v) is 1.16. The Balaban J connectivity index is 3.01. The molecule has 0 aliphatic rings. The molecule has 0 bridgehead atoms. The minimum atomic E-state index is 0.406. The van der Waals surface area contributed by atoms with E-state index in [9.17, 15) is 0 Å². The zero-order chi connectivity index (χ0) is 7.40. The standard InChI is InChI=1S/C7H7N3/c1-9-7-4-6(5-8)2-3-10-7/h2-4H,5,8H2. The van der Waals surface area contributed by atoms with E-state index in [-0.39, 0.29) is 0 Å². The Morgan fingerprint density at radius 2 is 2.50 bits per heavy atom. The van der Waals surface area contributed by atoms with Gasteiger partial charge < -0.3 is 10.6 Å². The Morgan fingerprint density at radius 3 is 3.10 bits per heavy atom. The van der Waals surface area contributed by atoms with Crippen LogP contribution in [0.5, 0.6) is 0 Å². The van der Waals surface area contributed by atoms with Crippen LogP contribution < -0.4 is 5.73 Å². The molecule has 0 unspecified atom stereocenters. The molecule has 3 nitrogen and oxygen atoms in total. The number of nitrogens with two attached hydrogens (primary N) is 1. The van der Waals surface area contributed by atoms with Crippen LogP contribution >= 0.6 is 0 Å². The second kappa shape index (κ2) is 2.95. The highest BCUT2D eigenvalue weighted by atomic mass is 14.8. The van der Waals surface area contributed by atoms with Crippen molar-refractivity contribution in [2.75, 3.05) is 0 Å². The number of hydrogen-bond acceptors (Lipinski definition) is 2. The number of aromatic nitrogens is 1. The maximum Gasteiger partial charge on any atom is 0.269 e. The number of pyridine rings is 1. The Bertz CT molecular complexity index is 262. The smallest absolute Gasteiger partial charge is 0.269 e. The maximum absolute atomic E-state index is 6.64. The van der Waals surface area contributed by atoms with Crippen molar-refractivity contribution in [3.05, 3.63) is 35.3 Å². The molecule has 2 N–H and O–H groups in total. The molecule has 1 heterocycles. The van der Waals surface area contributed by atoms with Gasteiger partial charge in [-0.25, -0.2) is 0 Å². The fourth-order valence-electron chi connectivity index (χ4n) is 0.649. The summed E-state index contributed by atoms with van der Waals surface area (Å²) in [5, 5.41) is 0. The highest BCUT2D eigenvalue weighted by molar-refractivity contribution is 5.37. The van der Waals surface area contributed by atoms with Crippen molar-refractivity contribution in [3.8, 4) is 0 Å². The predicted octanol–water partition coefficient (Wildman–Crippen LogP) is 1.09. The lowest BCUT2D eigenvalue weighted by Gasteiger charge is -1.92. The lowest BCUT2D eigenvalue weighted by atomic mass is 10.3. The quantitative estimate of drug-likeness (QED) is 0.583. The fourth-order valence-corrected chi connectivity index (χ4v) is 0.649. The SMILES string of the molecule is [C-]#[N+]c1cc(CN)ccn1. The lowest BCUT2D eigenvalue weighted by molar-refractivity contribution is 1.06. The first-order valence-corrected chi connectivity index (χ1v) is 2.89. The average Bonchev–Trinajstić information content (AvgIpc) is 2.05. The van der Waals surface area contributed by atoms with E-state index < -0.39 is 0 Å². The molecule has 50 valence electrons. The van der Waals surface area contributed by atoms with Crippen LogP contribution in [-0.2, 0) is 6.54 Å². The van der Waals surface area contributed by atoms with Gasteiger partial charge in [0.25, 0.3) is 5.82 Å². The maximum atomic E-state index is 6.64. The van der Waals surface area contributed by atoms with E-state index in [0.29, 0.717) is 12.4 Å². The first kappa shape index (κ1) is 6.72. The van der Waals surface area contributed by atoms with E-state index in [1.807, 2.05) is 0 Å². The molecule has 10 heavy (non-hydrogen) atoms. The van der Waals surface area contributed by atoms with Gasteiger partial charge in [-0.2, -0.15) is 0 Å². The van der Waals surface area contributed by atoms with E-state index in [4.69, 9.17) is 12.3 Å². The van der Waals surface area contributed by atoms with Gasteiger partial charge in [0.15, 0.2) is 0 Å². The molecule has 1 aromatic heterocycles. The monoisotopic (exact) mass is 133 g/mol. The molecule has 0 aromatic carbocycles. The van der Waals surface area contributed by atoms with Crippen LogP contribution in [0.25, 0.3) is 4.85 Å². The van der Waals surface area contributed by atoms with Gasteiger partial charge in [0.05, 0.1) is 0 Å². The molecule has 3 heteroatoms. The minimum absolute atomic E-state index is 0.406. The molecule has 0 spiro atoms. The summed E-state index contributed by atoms with van der Waals surface area (Å²) in [6, 6.07) is 3.49. The van der Waals surface area contributed by atoms with Crippen LogP contribution in [0.15, 0.2) is 18.3 Å². The van der Waals surface area contributed by atoms with E-state index in [1.165, 1.54) is 0 Å². The summed E-state index contributed by atoms with van der Waals surface area (Å²) >= 11 is 0. The Hall–Kier alpha value is -1.40. The van der Waals surface area contributed by atoms with Gasteiger partial charge >= 0.3 is 0 Å². The number of rotatable bonds is 1. The second-order valence-electron chi connectivity index (χ2n) is 1.84. The van der Waals surface area contributed by atoms with Crippen LogP contribution in [0.2, 0.25) is 0 Å². The topological polar surface area (TPSA) is 43.3 Å². The summed E-state index contributed by atoms with van der Waals surface area (Å²) in [7, 11) is 0. The molecule has 1 rings (SSSR count). The third kappa shape index (κ3) is 1.30. The summed E-state index contributed by atoms with van der Waals surface area (Å²) in [5.41, 5.74) is 6.29. The molecule has 0 fully saturated rings. The van der Waals surface area contributed by atoms with E-state index in [1.54, 1.807) is 18.3 Å². The molecule has 0 amide bonds. The van der Waals surface area contributed by atoms with Gasteiger partial charge in [-0.15, -0.1) is 4.98 Å². The van der Waals surface area contributed by atoms with Crippen LogP contribution in [-0.4, -0.2) is 4.98 Å². The van der Waals surface area contributed by atoms with Gasteiger partial charge in [-0.1, -0.05) is 6.57 Å². The summed E-state index contributed by atoms with van der Waals surface area (Å²) in [5.74, 6) is 0.406. The first-order valence-electron chi connectivity index (χ1n) is 2.89. The second-order valence-corrected chi connectivity index (χ2v) is 1.84. The van der Waals surface area contributed by atoms with Crippen molar-refractivity contribution < 1.29 is 0 Å². The Kier molecular flexibility index (Phi) is 1.98. The summed E-state index contributed by atoms with van der Waals surface area (Å²) < 4.78 is 0. The highest BCUT2D eigenvalue weighted by Crippen LogP contribution is 2.08. The molecular weight excluding hydrogens is 126 g/mol. The Labute approximate surface area is 59.3 Å². The minimum Gasteiger partial charge on any atom is -0.361 e. The van der Waals surface area contributed by atoms with E-state index >= 15 is 0 Å². The van der Waals surface area contributed by atoms with Crippen LogP contribution in [0.3, 0.4) is 0 Å². The zero-order valence-corrected chi connectivity index (χ0v) is 5.41. The average molecular weight is 133 g/mol. The molecule has 0 saturated heterocycles. The van der Waals surface area contributed by atoms with Crippen LogP contribution in [0.4, 0.5) is 5.82 Å². The molecule has 0 radical (unpaired) electrons. The van der Waals surface area contributed by atoms with Crippen LogP contribution in [0.1, 0.15) is 5.56 Å². The van der Waals surface area contributed by atoms with Crippen molar-refractivity contribution in [1.82, 2.24) is 4.98 Å². The largest absolute Gasteiger partial charge is 0.361 e. The van der Waals surface area contributed by atoms with E-state index in [2.05, 4.69) is 9.83 Å². The van der Waals surface area contributed by atoms with Gasteiger partial charge in [0, 0.05) is 6.54 Å². The summed E-state index contributed by atoms with van der Waals surface area (Å²) in [6.45, 7) is 7.10. The summed E-state index contributed by atoms with van der Waals surface area (Å²) in [6.07, 6.45) is 1.59. The van der Waals surface area contributed by atoms with Crippen molar-refractivity contribution >= 4 is 5.82 Å². The predicted molar refractivity (Wildman–Crippen MR) is 38.4 cm³/mol. The highest BCUT2D eigenvalue weighted by Gasteiger charge is 1.92. The fraction of sp³-hybridized carbons (Fsp3) is 0.143. The summed E-state index contributed by atoms with van der Waals surface area (Å²) in [4.78, 5) is 6.96. The van der Waals surface area contributed by atoms with Crippen molar-refractivity contribution in [1.29, 1.82) is 0 Å². The zero-order valence-electron chi connectivity index (χ0n) is 5.41. The molecule has 0 aliphatic carbocycles. The normalized spacial score (nSPS) is 8.80. The third-order valence-electron chi connectivity index (χ3n) is 1.16. The lowest BCUT2D eigenvalue weighted by Crippen LogP contribution is -1.95. The van der Waals surface area contributed by atoms with Crippen molar-refractivity contribution in [2.24, 2.45) is 5.73 Å². The molecule has 0 atom stereocenters. The van der Waals surface area contributed by atoms with E-state index in [0.717, 1.165) is 5.56 Å². The van der Waals surface area contributed by atoms with Gasteiger partial charge in [-0.3, -0.25) is 0 Å². The molecule has 1 aromatic rings. The molecule has 0 saturated carbocycles. The Morgan fingerprint density at radius 1 is 1.70 bits per heavy atom. The molecule has 0 aliphatic heterocycles. The van der Waals surface area contributed by atoms with Gasteiger partial charge in [0.1, 0.15) is 6.20 Å².